The van der Waals surface area contributed by atoms with Gasteiger partial charge < -0.3 is 0 Å². The zero-order valence-electron chi connectivity index (χ0n) is 5.40. The lowest BCUT2D eigenvalue weighted by Crippen LogP contribution is -1.79. The summed E-state index contributed by atoms with van der Waals surface area (Å²) in [5.41, 5.74) is 0. The van der Waals surface area contributed by atoms with E-state index in [-0.39, 0.29) is 5.82 Å². The molecule has 0 aliphatic rings. The van der Waals surface area contributed by atoms with Crippen molar-refractivity contribution in [2.75, 3.05) is 6.26 Å². The molecule has 3 heteroatoms. The van der Waals surface area contributed by atoms with E-state index < -0.39 is 0 Å². The summed E-state index contributed by atoms with van der Waals surface area (Å²) in [7, 11) is 0. The Hall–Kier alpha value is 0.230. The molecule has 0 nitrogen and oxygen atoms in total. The first kappa shape index (κ1) is 8.33. The van der Waals surface area contributed by atoms with Crippen molar-refractivity contribution in [1.29, 1.82) is 0 Å². The Bertz CT molecular complexity index is 237. The fourth-order valence-corrected chi connectivity index (χ4v) is 2.12. The van der Waals surface area contributed by atoms with Crippen LogP contribution in [-0.4, -0.2) is 6.26 Å². The van der Waals surface area contributed by atoms with Crippen LogP contribution in [-0.2, 0) is 0 Å². The first-order chi connectivity index (χ1) is 4.74. The maximum atomic E-state index is 12.5. The van der Waals surface area contributed by atoms with Gasteiger partial charge in [0.25, 0.3) is 0 Å². The van der Waals surface area contributed by atoms with Crippen LogP contribution in [0.2, 0.25) is 0 Å². The third-order valence-corrected chi connectivity index (χ3v) is 3.20. The van der Waals surface area contributed by atoms with Gasteiger partial charge in [0.05, 0.1) is 0 Å². The highest BCUT2D eigenvalue weighted by Gasteiger charge is 1.97. The first-order valence-corrected chi connectivity index (χ1v) is 5.03. The van der Waals surface area contributed by atoms with Crippen molar-refractivity contribution in [3.05, 3.63) is 27.6 Å². The maximum Gasteiger partial charge on any atom is 0.124 e. The monoisotopic (exact) mass is 268 g/mol. The molecule has 0 heterocycles. The first-order valence-electron chi connectivity index (χ1n) is 2.73. The van der Waals surface area contributed by atoms with E-state index >= 15 is 0 Å². The summed E-state index contributed by atoms with van der Waals surface area (Å²) in [6.45, 7) is 0. The molecule has 1 aromatic rings. The molecule has 1 aromatic carbocycles. The quantitative estimate of drug-likeness (QED) is 0.557. The van der Waals surface area contributed by atoms with E-state index in [1.54, 1.807) is 23.9 Å². The highest BCUT2D eigenvalue weighted by atomic mass is 127. The fourth-order valence-electron chi connectivity index (χ4n) is 0.634. The van der Waals surface area contributed by atoms with Gasteiger partial charge in [-0.2, -0.15) is 0 Å². The predicted molar refractivity (Wildman–Crippen MR) is 50.9 cm³/mol. The van der Waals surface area contributed by atoms with Gasteiger partial charge in [0.2, 0.25) is 0 Å². The normalized spacial score (nSPS) is 9.90. The van der Waals surface area contributed by atoms with Crippen LogP contribution in [0.15, 0.2) is 23.1 Å². The second kappa shape index (κ2) is 3.57. The smallest absolute Gasteiger partial charge is 0.124 e. The highest BCUT2D eigenvalue weighted by Crippen LogP contribution is 2.22. The van der Waals surface area contributed by atoms with E-state index in [0.29, 0.717) is 0 Å². The van der Waals surface area contributed by atoms with Crippen LogP contribution in [0.5, 0.6) is 0 Å². The van der Waals surface area contributed by atoms with E-state index in [2.05, 4.69) is 22.6 Å². The molecule has 0 spiro atoms. The van der Waals surface area contributed by atoms with Crippen molar-refractivity contribution in [2.45, 2.75) is 4.90 Å². The molecule has 54 valence electrons. The van der Waals surface area contributed by atoms with Crippen LogP contribution < -0.4 is 0 Å². The number of halogens is 2. The number of hydrogen-bond donors (Lipinski definition) is 0. The predicted octanol–water partition coefficient (Wildman–Crippen LogP) is 3.15. The van der Waals surface area contributed by atoms with Crippen LogP contribution in [0.3, 0.4) is 0 Å². The molecule has 0 saturated carbocycles. The number of rotatable bonds is 1. The van der Waals surface area contributed by atoms with Crippen LogP contribution in [0.25, 0.3) is 0 Å². The summed E-state index contributed by atoms with van der Waals surface area (Å²) in [4.78, 5) is 1.00. The van der Waals surface area contributed by atoms with Crippen LogP contribution >= 0.6 is 34.4 Å². The van der Waals surface area contributed by atoms with Gasteiger partial charge in [-0.15, -0.1) is 11.8 Å². The summed E-state index contributed by atoms with van der Waals surface area (Å²) in [5, 5.41) is 0. The SMILES string of the molecule is CSc1cc(F)ccc1I. The van der Waals surface area contributed by atoms with Gasteiger partial charge in [-0.05, 0) is 47.0 Å². The van der Waals surface area contributed by atoms with E-state index in [9.17, 15) is 4.39 Å². The van der Waals surface area contributed by atoms with Crippen LogP contribution in [0.1, 0.15) is 0 Å². The van der Waals surface area contributed by atoms with Gasteiger partial charge in [0.15, 0.2) is 0 Å². The minimum Gasteiger partial charge on any atom is -0.207 e. The molecule has 0 aliphatic carbocycles. The van der Waals surface area contributed by atoms with Crippen LogP contribution in [0.4, 0.5) is 4.39 Å². The lowest BCUT2D eigenvalue weighted by Gasteiger charge is -1.98. The summed E-state index contributed by atoms with van der Waals surface area (Å²) in [6, 6.07) is 4.80. The third kappa shape index (κ3) is 1.85. The molecule has 0 unspecified atom stereocenters. The minimum atomic E-state index is -0.162. The number of thioether (sulfide) groups is 1. The Balaban J connectivity index is 3.09. The summed E-state index contributed by atoms with van der Waals surface area (Å²) < 4.78 is 13.6. The Kier molecular flexibility index (Phi) is 2.97. The van der Waals surface area contributed by atoms with Gasteiger partial charge in [-0.3, -0.25) is 0 Å². The molecule has 0 atom stereocenters. The van der Waals surface area contributed by atoms with Crippen molar-refractivity contribution in [1.82, 2.24) is 0 Å². The maximum absolute atomic E-state index is 12.5. The second-order valence-corrected chi connectivity index (χ2v) is 3.79. The van der Waals surface area contributed by atoms with Crippen LogP contribution in [0, 0.1) is 9.39 Å². The average Bonchev–Trinajstić information content (AvgIpc) is 1.94. The van der Waals surface area contributed by atoms with Crippen molar-refractivity contribution < 1.29 is 4.39 Å². The lowest BCUT2D eigenvalue weighted by molar-refractivity contribution is 0.623. The minimum absolute atomic E-state index is 0.162. The summed E-state index contributed by atoms with van der Waals surface area (Å²) in [6.07, 6.45) is 1.94. The Morgan fingerprint density at radius 3 is 2.70 bits per heavy atom. The lowest BCUT2D eigenvalue weighted by atomic mass is 10.3. The largest absolute Gasteiger partial charge is 0.207 e. The Morgan fingerprint density at radius 1 is 1.50 bits per heavy atom. The zero-order chi connectivity index (χ0) is 7.56. The van der Waals surface area contributed by atoms with Crippen molar-refractivity contribution in [3.63, 3.8) is 0 Å². The number of hydrogen-bond acceptors (Lipinski definition) is 1. The van der Waals surface area contributed by atoms with E-state index in [4.69, 9.17) is 0 Å². The molecular weight excluding hydrogens is 262 g/mol. The summed E-state index contributed by atoms with van der Waals surface area (Å²) in [5.74, 6) is -0.162. The molecule has 1 rings (SSSR count). The van der Waals surface area contributed by atoms with E-state index in [1.807, 2.05) is 6.26 Å². The third-order valence-electron chi connectivity index (χ3n) is 1.11. The number of benzene rings is 1. The van der Waals surface area contributed by atoms with Crippen molar-refractivity contribution in [3.8, 4) is 0 Å². The molecule has 0 aliphatic heterocycles. The summed E-state index contributed by atoms with van der Waals surface area (Å²) >= 11 is 3.75. The molecule has 0 amide bonds. The van der Waals surface area contributed by atoms with Crippen molar-refractivity contribution in [2.24, 2.45) is 0 Å². The standard InChI is InChI=1S/C7H6FIS/c1-10-7-4-5(8)2-3-6(7)9/h2-4H,1H3. The second-order valence-electron chi connectivity index (χ2n) is 1.78. The van der Waals surface area contributed by atoms with Crippen molar-refractivity contribution >= 4 is 34.4 Å². The van der Waals surface area contributed by atoms with Gasteiger partial charge >= 0.3 is 0 Å². The molecule has 10 heavy (non-hydrogen) atoms. The molecule has 0 saturated heterocycles. The molecule has 0 fully saturated rings. The topological polar surface area (TPSA) is 0 Å². The van der Waals surface area contributed by atoms with E-state index in [1.165, 1.54) is 6.07 Å². The zero-order valence-corrected chi connectivity index (χ0v) is 8.37. The highest BCUT2D eigenvalue weighted by molar-refractivity contribution is 14.1. The molecule has 0 bridgehead atoms. The average molecular weight is 268 g/mol. The van der Waals surface area contributed by atoms with Gasteiger partial charge in [0.1, 0.15) is 5.82 Å². The van der Waals surface area contributed by atoms with E-state index in [0.717, 1.165) is 8.47 Å². The molecule has 0 aromatic heterocycles. The molecule has 0 radical (unpaired) electrons. The Morgan fingerprint density at radius 2 is 2.20 bits per heavy atom. The molecular formula is C7H6FIS. The van der Waals surface area contributed by atoms with Gasteiger partial charge in [0, 0.05) is 8.47 Å². The van der Waals surface area contributed by atoms with Gasteiger partial charge in [-0.25, -0.2) is 4.39 Å². The van der Waals surface area contributed by atoms with Gasteiger partial charge in [-0.1, -0.05) is 0 Å². The fraction of sp³-hybridized carbons (Fsp3) is 0.143. The Labute approximate surface area is 77.3 Å². The molecule has 0 N–H and O–H groups in total.